The second-order valence-electron chi connectivity index (χ2n) is 5.07. The highest BCUT2D eigenvalue weighted by atomic mass is 32.1. The fourth-order valence-electron chi connectivity index (χ4n) is 1.15. The van der Waals surface area contributed by atoms with Gasteiger partial charge >= 0.3 is 0 Å². The predicted octanol–water partition coefficient (Wildman–Crippen LogP) is 3.39. The van der Waals surface area contributed by atoms with Crippen LogP contribution in [0.15, 0.2) is 0 Å². The molecule has 0 aromatic rings. The third kappa shape index (κ3) is 7.39. The molecule has 0 spiro atoms. The van der Waals surface area contributed by atoms with Crippen LogP contribution in [0, 0.1) is 11.3 Å². The van der Waals surface area contributed by atoms with Gasteiger partial charge in [0.05, 0.1) is 12.7 Å². The van der Waals surface area contributed by atoms with E-state index in [1.54, 1.807) is 0 Å². The summed E-state index contributed by atoms with van der Waals surface area (Å²) in [5, 5.41) is 0. The Balaban J connectivity index is 3.63. The van der Waals surface area contributed by atoms with Crippen molar-refractivity contribution in [1.29, 1.82) is 0 Å². The molecule has 0 bridgehead atoms. The van der Waals surface area contributed by atoms with Crippen molar-refractivity contribution in [2.45, 2.75) is 47.1 Å². The van der Waals surface area contributed by atoms with Crippen molar-refractivity contribution >= 4 is 12.6 Å². The van der Waals surface area contributed by atoms with Gasteiger partial charge in [0.1, 0.15) is 0 Å². The van der Waals surface area contributed by atoms with E-state index in [9.17, 15) is 0 Å². The summed E-state index contributed by atoms with van der Waals surface area (Å²) in [6.45, 7) is 11.8. The van der Waals surface area contributed by atoms with E-state index in [1.165, 1.54) is 0 Å². The third-order valence-corrected chi connectivity index (χ3v) is 2.85. The Morgan fingerprint density at radius 3 is 2.15 bits per heavy atom. The Morgan fingerprint density at radius 1 is 1.23 bits per heavy atom. The SMILES string of the molecule is CC(C)CC(C)OCC(C)(C)CS. The second-order valence-corrected chi connectivity index (χ2v) is 5.39. The van der Waals surface area contributed by atoms with Crippen molar-refractivity contribution in [1.82, 2.24) is 0 Å². The standard InChI is InChI=1S/C11H24OS/c1-9(2)6-10(3)12-7-11(4,5)8-13/h9-10,13H,6-8H2,1-5H3. The minimum atomic E-state index is 0.203. The number of thiol groups is 1. The van der Waals surface area contributed by atoms with Crippen molar-refractivity contribution in [2.75, 3.05) is 12.4 Å². The molecule has 13 heavy (non-hydrogen) atoms. The van der Waals surface area contributed by atoms with Crippen LogP contribution in [0.2, 0.25) is 0 Å². The van der Waals surface area contributed by atoms with Crippen LogP contribution in [-0.4, -0.2) is 18.5 Å². The third-order valence-electron chi connectivity index (χ3n) is 1.99. The summed E-state index contributed by atoms with van der Waals surface area (Å²) in [5.41, 5.74) is 0.203. The number of hydrogen-bond donors (Lipinski definition) is 1. The Kier molecular flexibility index (Phi) is 6.06. The zero-order valence-corrected chi connectivity index (χ0v) is 10.5. The van der Waals surface area contributed by atoms with Gasteiger partial charge in [0.25, 0.3) is 0 Å². The van der Waals surface area contributed by atoms with Crippen molar-refractivity contribution in [2.24, 2.45) is 11.3 Å². The molecule has 80 valence electrons. The fraction of sp³-hybridized carbons (Fsp3) is 1.00. The highest BCUT2D eigenvalue weighted by molar-refractivity contribution is 7.80. The Bertz CT molecular complexity index is 132. The van der Waals surface area contributed by atoms with Crippen LogP contribution >= 0.6 is 12.6 Å². The molecule has 0 aromatic carbocycles. The first-order valence-electron chi connectivity index (χ1n) is 5.10. The highest BCUT2D eigenvalue weighted by Gasteiger charge is 2.17. The molecule has 0 fully saturated rings. The molecule has 1 nitrogen and oxygen atoms in total. The molecule has 0 aliphatic heterocycles. The zero-order chi connectivity index (χ0) is 10.5. The van der Waals surface area contributed by atoms with E-state index in [-0.39, 0.29) is 5.41 Å². The molecule has 0 amide bonds. The lowest BCUT2D eigenvalue weighted by Crippen LogP contribution is -2.25. The van der Waals surface area contributed by atoms with Crippen LogP contribution in [0.25, 0.3) is 0 Å². The first-order valence-corrected chi connectivity index (χ1v) is 5.73. The fourth-order valence-corrected chi connectivity index (χ4v) is 1.24. The summed E-state index contributed by atoms with van der Waals surface area (Å²) in [4.78, 5) is 0. The van der Waals surface area contributed by atoms with Crippen LogP contribution in [0.4, 0.5) is 0 Å². The van der Waals surface area contributed by atoms with Gasteiger partial charge in [-0.15, -0.1) is 0 Å². The first kappa shape index (κ1) is 13.3. The average Bonchev–Trinajstić information content (AvgIpc) is 2.00. The first-order chi connectivity index (χ1) is 5.87. The Hall–Kier alpha value is 0.310. The zero-order valence-electron chi connectivity index (χ0n) is 9.63. The van der Waals surface area contributed by atoms with E-state index in [4.69, 9.17) is 4.74 Å². The van der Waals surface area contributed by atoms with Crippen molar-refractivity contribution in [3.63, 3.8) is 0 Å². The predicted molar refractivity (Wildman–Crippen MR) is 62.5 cm³/mol. The van der Waals surface area contributed by atoms with Gasteiger partial charge in [-0.1, -0.05) is 27.7 Å². The quantitative estimate of drug-likeness (QED) is 0.652. The normalized spacial score (nSPS) is 15.0. The van der Waals surface area contributed by atoms with Gasteiger partial charge in [-0.2, -0.15) is 12.6 Å². The summed E-state index contributed by atoms with van der Waals surface area (Å²) >= 11 is 4.29. The summed E-state index contributed by atoms with van der Waals surface area (Å²) < 4.78 is 5.76. The maximum atomic E-state index is 5.76. The summed E-state index contributed by atoms with van der Waals surface area (Å²) in [6, 6.07) is 0. The van der Waals surface area contributed by atoms with Gasteiger partial charge in [-0.25, -0.2) is 0 Å². The maximum Gasteiger partial charge on any atom is 0.0549 e. The molecule has 2 heteroatoms. The molecule has 0 aliphatic carbocycles. The topological polar surface area (TPSA) is 9.23 Å². The summed E-state index contributed by atoms with van der Waals surface area (Å²) in [6.07, 6.45) is 1.52. The molecule has 1 unspecified atom stereocenters. The Morgan fingerprint density at radius 2 is 1.77 bits per heavy atom. The molecular formula is C11H24OS. The van der Waals surface area contributed by atoms with Gasteiger partial charge < -0.3 is 4.74 Å². The van der Waals surface area contributed by atoms with Gasteiger partial charge in [0.15, 0.2) is 0 Å². The molecule has 0 N–H and O–H groups in total. The molecule has 0 radical (unpaired) electrons. The summed E-state index contributed by atoms with van der Waals surface area (Å²) in [5.74, 6) is 1.59. The lowest BCUT2D eigenvalue weighted by Gasteiger charge is -2.25. The van der Waals surface area contributed by atoms with Crippen LogP contribution < -0.4 is 0 Å². The van der Waals surface area contributed by atoms with Crippen LogP contribution in [0.5, 0.6) is 0 Å². The lowest BCUT2D eigenvalue weighted by atomic mass is 9.98. The molecule has 0 heterocycles. The summed E-state index contributed by atoms with van der Waals surface area (Å²) in [7, 11) is 0. The molecule has 0 rings (SSSR count). The number of hydrogen-bond acceptors (Lipinski definition) is 2. The maximum absolute atomic E-state index is 5.76. The van der Waals surface area contributed by atoms with Gasteiger partial charge in [0.2, 0.25) is 0 Å². The molecule has 0 saturated carbocycles. The molecule has 0 aliphatic rings. The van der Waals surface area contributed by atoms with Crippen molar-refractivity contribution in [3.8, 4) is 0 Å². The van der Waals surface area contributed by atoms with E-state index < -0.39 is 0 Å². The highest BCUT2D eigenvalue weighted by Crippen LogP contribution is 2.19. The second kappa shape index (κ2) is 5.92. The molecule has 0 aromatic heterocycles. The average molecular weight is 204 g/mol. The van der Waals surface area contributed by atoms with Crippen LogP contribution in [-0.2, 0) is 4.74 Å². The van der Waals surface area contributed by atoms with E-state index >= 15 is 0 Å². The number of rotatable bonds is 6. The molecular weight excluding hydrogens is 180 g/mol. The van der Waals surface area contributed by atoms with E-state index in [0.717, 1.165) is 18.8 Å². The minimum absolute atomic E-state index is 0.203. The lowest BCUT2D eigenvalue weighted by molar-refractivity contribution is 0.0102. The molecule has 1 atom stereocenters. The van der Waals surface area contributed by atoms with E-state index in [1.807, 2.05) is 0 Å². The van der Waals surface area contributed by atoms with Crippen molar-refractivity contribution < 1.29 is 4.74 Å². The van der Waals surface area contributed by atoms with E-state index in [0.29, 0.717) is 12.0 Å². The number of ether oxygens (including phenoxy) is 1. The Labute approximate surface area is 88.7 Å². The van der Waals surface area contributed by atoms with E-state index in [2.05, 4.69) is 47.2 Å². The van der Waals surface area contributed by atoms with Crippen LogP contribution in [0.1, 0.15) is 41.0 Å². The minimum Gasteiger partial charge on any atom is -0.378 e. The smallest absolute Gasteiger partial charge is 0.0549 e. The van der Waals surface area contributed by atoms with Gasteiger partial charge in [-0.05, 0) is 30.4 Å². The molecule has 0 saturated heterocycles. The largest absolute Gasteiger partial charge is 0.378 e. The van der Waals surface area contributed by atoms with Gasteiger partial charge in [0, 0.05) is 0 Å². The van der Waals surface area contributed by atoms with Gasteiger partial charge in [-0.3, -0.25) is 0 Å². The monoisotopic (exact) mass is 204 g/mol. The van der Waals surface area contributed by atoms with Crippen LogP contribution in [0.3, 0.4) is 0 Å². The van der Waals surface area contributed by atoms with Crippen molar-refractivity contribution in [3.05, 3.63) is 0 Å².